The van der Waals surface area contributed by atoms with E-state index in [-0.39, 0.29) is 5.76 Å². The number of rotatable bonds is 5. The maximum Gasteiger partial charge on any atom is 0.374 e. The molecule has 0 amide bonds. The third-order valence-corrected chi connectivity index (χ3v) is 4.00. The second kappa shape index (κ2) is 8.32. The van der Waals surface area contributed by atoms with Crippen LogP contribution < -0.4 is 4.74 Å². The number of ether oxygens (including phenoxy) is 2. The zero-order valence-corrected chi connectivity index (χ0v) is 15.6. The monoisotopic (exact) mass is 359 g/mol. The Hall–Kier alpha value is -3.40. The van der Waals surface area contributed by atoms with E-state index in [9.17, 15) is 4.79 Å². The Labute approximate surface area is 159 Å². The largest absolute Gasteiger partial charge is 0.463 e. The van der Waals surface area contributed by atoms with E-state index in [1.165, 1.54) is 7.11 Å². The molecule has 3 rings (SSSR count). The molecule has 0 radical (unpaired) electrons. The molecule has 0 fully saturated rings. The van der Waals surface area contributed by atoms with Gasteiger partial charge < -0.3 is 9.47 Å². The fourth-order valence-electron chi connectivity index (χ4n) is 2.90. The Balaban J connectivity index is 2.22. The summed E-state index contributed by atoms with van der Waals surface area (Å²) in [5.74, 6) is 0.148. The lowest BCUT2D eigenvalue weighted by Gasteiger charge is -2.16. The van der Waals surface area contributed by atoms with Gasteiger partial charge in [0, 0.05) is 29.1 Å². The maximum absolute atomic E-state index is 12.7. The number of hydrogen-bond donors (Lipinski definition) is 0. The minimum Gasteiger partial charge on any atom is -0.463 e. The molecule has 4 nitrogen and oxygen atoms in total. The van der Waals surface area contributed by atoms with Crippen molar-refractivity contribution < 1.29 is 14.3 Å². The summed E-state index contributed by atoms with van der Waals surface area (Å²) in [5, 5.41) is 0. The Morgan fingerprint density at radius 3 is 1.74 bits per heavy atom. The minimum absolute atomic E-state index is 0.139. The molecular formula is C23H21NO3. The van der Waals surface area contributed by atoms with E-state index in [2.05, 4.69) is 4.98 Å². The molecule has 27 heavy (non-hydrogen) atoms. The third-order valence-electron chi connectivity index (χ3n) is 4.00. The number of aryl methyl sites for hydroxylation is 2. The third kappa shape index (κ3) is 4.42. The second-order valence-corrected chi connectivity index (χ2v) is 6.12. The van der Waals surface area contributed by atoms with Crippen LogP contribution in [0.4, 0.5) is 0 Å². The minimum atomic E-state index is -0.537. The average Bonchev–Trinajstić information content (AvgIpc) is 2.68. The zero-order chi connectivity index (χ0) is 19.2. The maximum atomic E-state index is 12.7. The van der Waals surface area contributed by atoms with E-state index in [1.54, 1.807) is 12.1 Å². The van der Waals surface area contributed by atoms with Gasteiger partial charge in [-0.25, -0.2) is 4.79 Å². The summed E-state index contributed by atoms with van der Waals surface area (Å²) in [6.45, 7) is 3.77. The van der Waals surface area contributed by atoms with E-state index >= 15 is 0 Å². The quantitative estimate of drug-likeness (QED) is 0.376. The fraction of sp³-hybridized carbons (Fsp3) is 0.130. The molecular weight excluding hydrogens is 338 g/mol. The van der Waals surface area contributed by atoms with Crippen molar-refractivity contribution >= 4 is 11.5 Å². The van der Waals surface area contributed by atoms with Crippen molar-refractivity contribution in [2.45, 2.75) is 13.8 Å². The normalized spacial score (nSPS) is 10.2. The standard InChI is InChI=1S/C23H21NO3/c1-16-14-20(15-17(2)24-16)27-22(23(25)26-3)21(18-10-6-4-7-11-18)19-12-8-5-9-13-19/h4-15H,1-3H3. The van der Waals surface area contributed by atoms with Crippen molar-refractivity contribution in [2.75, 3.05) is 7.11 Å². The van der Waals surface area contributed by atoms with Crippen LogP contribution in [0.15, 0.2) is 78.6 Å². The number of hydrogen-bond acceptors (Lipinski definition) is 4. The van der Waals surface area contributed by atoms with Crippen molar-refractivity contribution in [1.29, 1.82) is 0 Å². The summed E-state index contributed by atoms with van der Waals surface area (Å²) >= 11 is 0. The van der Waals surface area contributed by atoms with Crippen LogP contribution in [0.3, 0.4) is 0 Å². The molecule has 0 atom stereocenters. The van der Waals surface area contributed by atoms with Gasteiger partial charge in [-0.15, -0.1) is 0 Å². The molecule has 0 aliphatic heterocycles. The molecule has 0 spiro atoms. The summed E-state index contributed by atoms with van der Waals surface area (Å²) in [6.07, 6.45) is 0. The summed E-state index contributed by atoms with van der Waals surface area (Å²) < 4.78 is 11.1. The smallest absolute Gasteiger partial charge is 0.374 e. The summed E-state index contributed by atoms with van der Waals surface area (Å²) in [4.78, 5) is 17.0. The Morgan fingerprint density at radius 2 is 1.30 bits per heavy atom. The number of esters is 1. The van der Waals surface area contributed by atoms with Crippen molar-refractivity contribution in [2.24, 2.45) is 0 Å². The van der Waals surface area contributed by atoms with Crippen LogP contribution in [0.1, 0.15) is 22.5 Å². The van der Waals surface area contributed by atoms with E-state index in [4.69, 9.17) is 9.47 Å². The van der Waals surface area contributed by atoms with E-state index in [1.807, 2.05) is 74.5 Å². The number of carbonyl (C=O) groups is 1. The van der Waals surface area contributed by atoms with Gasteiger partial charge in [0.15, 0.2) is 0 Å². The van der Waals surface area contributed by atoms with Gasteiger partial charge >= 0.3 is 5.97 Å². The van der Waals surface area contributed by atoms with Crippen molar-refractivity contribution in [3.8, 4) is 5.75 Å². The van der Waals surface area contributed by atoms with Crippen molar-refractivity contribution in [3.05, 3.63) is 101 Å². The van der Waals surface area contributed by atoms with Crippen LogP contribution in [0.5, 0.6) is 5.75 Å². The molecule has 0 aliphatic rings. The highest BCUT2D eigenvalue weighted by atomic mass is 16.6. The number of aromatic nitrogens is 1. The first-order valence-corrected chi connectivity index (χ1v) is 8.65. The zero-order valence-electron chi connectivity index (χ0n) is 15.6. The molecule has 0 saturated carbocycles. The molecule has 0 N–H and O–H groups in total. The van der Waals surface area contributed by atoms with Gasteiger partial charge in [-0.05, 0) is 25.0 Å². The van der Waals surface area contributed by atoms with Crippen molar-refractivity contribution in [1.82, 2.24) is 4.98 Å². The molecule has 4 heteroatoms. The molecule has 3 aromatic rings. The van der Waals surface area contributed by atoms with E-state index in [0.717, 1.165) is 22.5 Å². The number of methoxy groups -OCH3 is 1. The molecule has 1 heterocycles. The molecule has 2 aromatic carbocycles. The van der Waals surface area contributed by atoms with Crippen LogP contribution in [-0.2, 0) is 9.53 Å². The highest BCUT2D eigenvalue weighted by molar-refractivity contribution is 6.00. The van der Waals surface area contributed by atoms with Gasteiger partial charge in [-0.1, -0.05) is 60.7 Å². The number of carbonyl (C=O) groups excluding carboxylic acids is 1. The first-order chi connectivity index (χ1) is 13.1. The molecule has 0 saturated heterocycles. The van der Waals surface area contributed by atoms with Crippen molar-refractivity contribution in [3.63, 3.8) is 0 Å². The van der Waals surface area contributed by atoms with Crippen LogP contribution in [0.2, 0.25) is 0 Å². The Kier molecular flexibility index (Phi) is 5.67. The molecule has 136 valence electrons. The van der Waals surface area contributed by atoms with E-state index in [0.29, 0.717) is 11.3 Å². The fourth-order valence-corrected chi connectivity index (χ4v) is 2.90. The van der Waals surface area contributed by atoms with Crippen LogP contribution in [0, 0.1) is 13.8 Å². The molecule has 0 unspecified atom stereocenters. The van der Waals surface area contributed by atoms with Crippen LogP contribution >= 0.6 is 0 Å². The van der Waals surface area contributed by atoms with Crippen LogP contribution in [0.25, 0.3) is 5.57 Å². The van der Waals surface area contributed by atoms with E-state index < -0.39 is 5.97 Å². The highest BCUT2D eigenvalue weighted by Crippen LogP contribution is 2.29. The second-order valence-electron chi connectivity index (χ2n) is 6.12. The predicted octanol–water partition coefficient (Wildman–Crippen LogP) is 4.71. The van der Waals surface area contributed by atoms with Crippen LogP contribution in [-0.4, -0.2) is 18.1 Å². The lowest BCUT2D eigenvalue weighted by atomic mass is 9.96. The van der Waals surface area contributed by atoms with Gasteiger partial charge in [0.2, 0.25) is 5.76 Å². The summed E-state index contributed by atoms with van der Waals surface area (Å²) in [5.41, 5.74) is 4.04. The molecule has 0 aliphatic carbocycles. The van der Waals surface area contributed by atoms with Gasteiger partial charge in [0.1, 0.15) is 5.75 Å². The summed E-state index contributed by atoms with van der Waals surface area (Å²) in [7, 11) is 1.35. The lowest BCUT2D eigenvalue weighted by molar-refractivity contribution is -0.138. The number of benzene rings is 2. The van der Waals surface area contributed by atoms with Gasteiger partial charge in [0.25, 0.3) is 0 Å². The highest BCUT2D eigenvalue weighted by Gasteiger charge is 2.22. The summed E-state index contributed by atoms with van der Waals surface area (Å²) in [6, 6.07) is 22.9. The van der Waals surface area contributed by atoms with Gasteiger partial charge in [-0.3, -0.25) is 4.98 Å². The first kappa shape index (κ1) is 18.4. The molecule has 1 aromatic heterocycles. The average molecular weight is 359 g/mol. The number of nitrogens with zero attached hydrogens (tertiary/aromatic N) is 1. The van der Waals surface area contributed by atoms with Gasteiger partial charge in [-0.2, -0.15) is 0 Å². The first-order valence-electron chi connectivity index (χ1n) is 8.65. The topological polar surface area (TPSA) is 48.4 Å². The van der Waals surface area contributed by atoms with Gasteiger partial charge in [0.05, 0.1) is 7.11 Å². The molecule has 0 bridgehead atoms. The lowest BCUT2D eigenvalue weighted by Crippen LogP contribution is -2.14. The predicted molar refractivity (Wildman–Crippen MR) is 105 cm³/mol. The Morgan fingerprint density at radius 1 is 0.815 bits per heavy atom. The number of pyridine rings is 1. The Bertz CT molecular complexity index is 902. The SMILES string of the molecule is COC(=O)C(Oc1cc(C)nc(C)c1)=C(c1ccccc1)c1ccccc1.